The molecule has 0 aliphatic rings. The first-order chi connectivity index (χ1) is 15.1. The third-order valence-electron chi connectivity index (χ3n) is 4.85. The van der Waals surface area contributed by atoms with Gasteiger partial charge in [-0.05, 0) is 38.1 Å². The van der Waals surface area contributed by atoms with Crippen LogP contribution >= 0.6 is 0 Å². The molecule has 0 fully saturated rings. The van der Waals surface area contributed by atoms with Crippen molar-refractivity contribution in [2.75, 3.05) is 5.32 Å². The normalized spacial score (nSPS) is 11.7. The minimum atomic E-state index is -4.52. The summed E-state index contributed by atoms with van der Waals surface area (Å²) in [5.74, 6) is -0.0905. The summed E-state index contributed by atoms with van der Waals surface area (Å²) in [4.78, 5) is 29.4. The van der Waals surface area contributed by atoms with Crippen LogP contribution in [0.25, 0.3) is 17.2 Å². The number of hydrogen-bond acceptors (Lipinski definition) is 4. The first-order valence-electron chi connectivity index (χ1n) is 9.63. The third-order valence-corrected chi connectivity index (χ3v) is 4.85. The fourth-order valence-electron chi connectivity index (χ4n) is 3.32. The molecule has 4 aromatic rings. The van der Waals surface area contributed by atoms with E-state index in [4.69, 9.17) is 0 Å². The third kappa shape index (κ3) is 4.25. The summed E-state index contributed by atoms with van der Waals surface area (Å²) in [7, 11) is 0. The van der Waals surface area contributed by atoms with Gasteiger partial charge in [-0.15, -0.1) is 5.10 Å². The van der Waals surface area contributed by atoms with Gasteiger partial charge >= 0.3 is 6.18 Å². The van der Waals surface area contributed by atoms with Crippen molar-refractivity contribution in [1.82, 2.24) is 19.2 Å². The van der Waals surface area contributed by atoms with Crippen molar-refractivity contribution in [2.24, 2.45) is 0 Å². The standard InChI is InChI=1S/C22H18F3N5O2/c1-13-5-3-6-15(9-13)20-27-21-29(14(2)10-19(32)30(21)28-20)12-18(31)26-17-8-4-7-16(11-17)22(23,24)25/h3-11H,12H2,1-2H3,(H,26,31). The van der Waals surface area contributed by atoms with Gasteiger partial charge in [-0.25, -0.2) is 0 Å². The predicted octanol–water partition coefficient (Wildman–Crippen LogP) is 3.83. The number of hydrogen-bond donors (Lipinski definition) is 1. The van der Waals surface area contributed by atoms with Crippen LogP contribution in [0.5, 0.6) is 0 Å². The molecule has 0 radical (unpaired) electrons. The molecular weight excluding hydrogens is 423 g/mol. The zero-order chi connectivity index (χ0) is 23.0. The van der Waals surface area contributed by atoms with E-state index < -0.39 is 23.2 Å². The molecule has 0 saturated carbocycles. The number of nitrogens with zero attached hydrogens (tertiary/aromatic N) is 4. The molecule has 0 spiro atoms. The van der Waals surface area contributed by atoms with E-state index >= 15 is 0 Å². The van der Waals surface area contributed by atoms with Crippen molar-refractivity contribution in [1.29, 1.82) is 0 Å². The van der Waals surface area contributed by atoms with Gasteiger partial charge in [-0.1, -0.05) is 29.8 Å². The Kier molecular flexibility index (Phi) is 5.29. The molecule has 0 aliphatic carbocycles. The molecule has 0 bridgehead atoms. The van der Waals surface area contributed by atoms with Crippen LogP contribution in [-0.4, -0.2) is 25.1 Å². The molecular formula is C22H18F3N5O2. The van der Waals surface area contributed by atoms with Crippen molar-refractivity contribution in [3.05, 3.63) is 81.8 Å². The number of fused-ring (bicyclic) bond motifs is 1. The summed E-state index contributed by atoms with van der Waals surface area (Å²) in [5.41, 5.74) is 0.918. The molecule has 0 unspecified atom stereocenters. The highest BCUT2D eigenvalue weighted by Crippen LogP contribution is 2.30. The topological polar surface area (TPSA) is 81.3 Å². The first-order valence-corrected chi connectivity index (χ1v) is 9.63. The van der Waals surface area contributed by atoms with Crippen molar-refractivity contribution in [3.8, 4) is 11.4 Å². The summed E-state index contributed by atoms with van der Waals surface area (Å²) in [6, 6.07) is 13.1. The van der Waals surface area contributed by atoms with Crippen LogP contribution in [0.3, 0.4) is 0 Å². The Morgan fingerprint density at radius 3 is 2.53 bits per heavy atom. The molecule has 2 aromatic heterocycles. The molecule has 32 heavy (non-hydrogen) atoms. The lowest BCUT2D eigenvalue weighted by molar-refractivity contribution is -0.137. The molecule has 0 aliphatic heterocycles. The number of carbonyl (C=O) groups excluding carboxylic acids is 1. The molecule has 2 heterocycles. The number of anilines is 1. The quantitative estimate of drug-likeness (QED) is 0.522. The number of aryl methyl sites for hydroxylation is 2. The van der Waals surface area contributed by atoms with Crippen LogP contribution in [0, 0.1) is 13.8 Å². The number of rotatable bonds is 4. The molecule has 1 N–H and O–H groups in total. The maximum absolute atomic E-state index is 12.9. The van der Waals surface area contributed by atoms with Crippen LogP contribution < -0.4 is 10.9 Å². The van der Waals surface area contributed by atoms with E-state index in [0.29, 0.717) is 17.1 Å². The zero-order valence-electron chi connectivity index (χ0n) is 17.1. The maximum Gasteiger partial charge on any atom is 0.416 e. The van der Waals surface area contributed by atoms with Crippen LogP contribution in [-0.2, 0) is 17.5 Å². The number of halogens is 3. The van der Waals surface area contributed by atoms with Crippen LogP contribution in [0.4, 0.5) is 18.9 Å². The highest BCUT2D eigenvalue weighted by Gasteiger charge is 2.30. The Hall–Kier alpha value is -3.95. The lowest BCUT2D eigenvalue weighted by atomic mass is 10.1. The van der Waals surface area contributed by atoms with E-state index in [1.807, 2.05) is 31.2 Å². The van der Waals surface area contributed by atoms with Gasteiger partial charge in [-0.2, -0.15) is 22.7 Å². The lowest BCUT2D eigenvalue weighted by Gasteiger charge is -2.13. The average Bonchev–Trinajstić information content (AvgIpc) is 3.17. The maximum atomic E-state index is 12.9. The SMILES string of the molecule is Cc1cccc(-c2nc3n(CC(=O)Nc4cccc(C(F)(F)F)c4)c(C)cc(=O)n3n2)c1. The highest BCUT2D eigenvalue weighted by molar-refractivity contribution is 5.91. The smallest absolute Gasteiger partial charge is 0.325 e. The van der Waals surface area contributed by atoms with Crippen molar-refractivity contribution in [3.63, 3.8) is 0 Å². The number of aromatic nitrogens is 4. The Balaban J connectivity index is 1.67. The fourth-order valence-corrected chi connectivity index (χ4v) is 3.32. The second kappa shape index (κ2) is 7.95. The molecule has 7 nitrogen and oxygen atoms in total. The molecule has 0 saturated heterocycles. The van der Waals surface area contributed by atoms with Gasteiger partial charge in [0.1, 0.15) is 6.54 Å². The predicted molar refractivity (Wildman–Crippen MR) is 112 cm³/mol. The van der Waals surface area contributed by atoms with Crippen molar-refractivity contribution in [2.45, 2.75) is 26.6 Å². The average molecular weight is 441 g/mol. The summed E-state index contributed by atoms with van der Waals surface area (Å²) in [6.07, 6.45) is -4.52. The van der Waals surface area contributed by atoms with Gasteiger partial charge in [-0.3, -0.25) is 9.59 Å². The second-order valence-corrected chi connectivity index (χ2v) is 7.35. The summed E-state index contributed by atoms with van der Waals surface area (Å²) >= 11 is 0. The van der Waals surface area contributed by atoms with E-state index in [2.05, 4.69) is 15.4 Å². The van der Waals surface area contributed by atoms with Gasteiger partial charge in [0.05, 0.1) is 5.56 Å². The zero-order valence-corrected chi connectivity index (χ0v) is 17.1. The van der Waals surface area contributed by atoms with Gasteiger partial charge in [0, 0.05) is 23.0 Å². The van der Waals surface area contributed by atoms with Gasteiger partial charge in [0.25, 0.3) is 5.56 Å². The summed E-state index contributed by atoms with van der Waals surface area (Å²) < 4.78 is 41.3. The number of carbonyl (C=O) groups is 1. The Morgan fingerprint density at radius 1 is 1.06 bits per heavy atom. The van der Waals surface area contributed by atoms with E-state index in [1.165, 1.54) is 22.8 Å². The van der Waals surface area contributed by atoms with Crippen molar-refractivity contribution < 1.29 is 18.0 Å². The van der Waals surface area contributed by atoms with E-state index in [-0.39, 0.29) is 18.0 Å². The van der Waals surface area contributed by atoms with Crippen LogP contribution in [0.2, 0.25) is 0 Å². The number of alkyl halides is 3. The van der Waals surface area contributed by atoms with Gasteiger partial charge < -0.3 is 9.88 Å². The molecule has 164 valence electrons. The molecule has 10 heteroatoms. The Morgan fingerprint density at radius 2 is 1.81 bits per heavy atom. The van der Waals surface area contributed by atoms with Gasteiger partial charge in [0.15, 0.2) is 5.82 Å². The van der Waals surface area contributed by atoms with Gasteiger partial charge in [0.2, 0.25) is 11.7 Å². The number of amides is 1. The fraction of sp³-hybridized carbons (Fsp3) is 0.182. The molecule has 4 rings (SSSR count). The van der Waals surface area contributed by atoms with Crippen LogP contribution in [0.15, 0.2) is 59.4 Å². The Labute approximate surface area is 180 Å². The molecule has 1 amide bonds. The van der Waals surface area contributed by atoms with E-state index in [9.17, 15) is 22.8 Å². The molecule has 0 atom stereocenters. The summed E-state index contributed by atoms with van der Waals surface area (Å²) in [5, 5.41) is 6.73. The number of benzene rings is 2. The summed E-state index contributed by atoms with van der Waals surface area (Å²) in [6.45, 7) is 3.29. The minimum Gasteiger partial charge on any atom is -0.325 e. The Bertz CT molecular complexity index is 1390. The first kappa shape index (κ1) is 21.3. The lowest BCUT2D eigenvalue weighted by Crippen LogP contribution is -2.25. The monoisotopic (exact) mass is 441 g/mol. The second-order valence-electron chi connectivity index (χ2n) is 7.35. The van der Waals surface area contributed by atoms with E-state index in [0.717, 1.165) is 22.2 Å². The van der Waals surface area contributed by atoms with E-state index in [1.54, 1.807) is 6.92 Å². The highest BCUT2D eigenvalue weighted by atomic mass is 19.4. The van der Waals surface area contributed by atoms with Crippen LogP contribution in [0.1, 0.15) is 16.8 Å². The number of nitrogens with one attached hydrogen (secondary N) is 1. The molecule has 2 aromatic carbocycles. The largest absolute Gasteiger partial charge is 0.416 e. The van der Waals surface area contributed by atoms with Crippen molar-refractivity contribution >= 4 is 17.4 Å². The minimum absolute atomic E-state index is 0.0152.